The third kappa shape index (κ3) is 4.49. The van der Waals surface area contributed by atoms with Gasteiger partial charge in [0.25, 0.3) is 0 Å². The fourth-order valence-corrected chi connectivity index (χ4v) is 2.32. The van der Waals surface area contributed by atoms with Crippen molar-refractivity contribution >= 4 is 11.8 Å². The highest BCUT2D eigenvalue weighted by Crippen LogP contribution is 2.19. The lowest BCUT2D eigenvalue weighted by Gasteiger charge is -2.33. The van der Waals surface area contributed by atoms with Gasteiger partial charge >= 0.3 is 0 Å². The first kappa shape index (κ1) is 16.0. The number of aliphatic hydroxyl groups is 1. The van der Waals surface area contributed by atoms with Crippen LogP contribution in [-0.4, -0.2) is 47.6 Å². The highest BCUT2D eigenvalue weighted by Gasteiger charge is 2.28. The minimum atomic E-state index is -0.150. The molecule has 1 aliphatic heterocycles. The summed E-state index contributed by atoms with van der Waals surface area (Å²) < 4.78 is 0. The molecule has 19 heavy (non-hydrogen) atoms. The van der Waals surface area contributed by atoms with Gasteiger partial charge in [-0.05, 0) is 19.3 Å². The van der Waals surface area contributed by atoms with Crippen molar-refractivity contribution in [2.24, 2.45) is 11.8 Å². The van der Waals surface area contributed by atoms with Crippen molar-refractivity contribution in [2.45, 2.75) is 46.1 Å². The lowest BCUT2D eigenvalue weighted by Crippen LogP contribution is -2.46. The second kappa shape index (κ2) is 7.48. The number of carbonyl (C=O) groups is 2. The third-order valence-electron chi connectivity index (χ3n) is 3.73. The van der Waals surface area contributed by atoms with Crippen LogP contribution < -0.4 is 5.32 Å². The number of nitrogens with one attached hydrogen (secondary N) is 1. The molecule has 0 radical (unpaired) electrons. The van der Waals surface area contributed by atoms with E-state index in [2.05, 4.69) is 5.32 Å². The molecule has 0 bridgehead atoms. The molecule has 1 atom stereocenters. The van der Waals surface area contributed by atoms with E-state index in [1.165, 1.54) is 0 Å². The van der Waals surface area contributed by atoms with Crippen LogP contribution in [0.4, 0.5) is 0 Å². The number of hydrogen-bond acceptors (Lipinski definition) is 3. The maximum absolute atomic E-state index is 12.0. The number of nitrogens with zero attached hydrogens (tertiary/aromatic N) is 1. The van der Waals surface area contributed by atoms with Gasteiger partial charge in [-0.3, -0.25) is 9.59 Å². The maximum Gasteiger partial charge on any atom is 0.225 e. The quantitative estimate of drug-likeness (QED) is 0.775. The first-order valence-electron chi connectivity index (χ1n) is 7.19. The van der Waals surface area contributed by atoms with Gasteiger partial charge in [0.2, 0.25) is 11.8 Å². The van der Waals surface area contributed by atoms with Crippen molar-refractivity contribution in [2.75, 3.05) is 19.7 Å². The Hall–Kier alpha value is -1.10. The number of amides is 2. The zero-order valence-corrected chi connectivity index (χ0v) is 12.2. The first-order valence-corrected chi connectivity index (χ1v) is 7.19. The van der Waals surface area contributed by atoms with Gasteiger partial charge in [0.05, 0.1) is 12.6 Å². The van der Waals surface area contributed by atoms with Crippen molar-refractivity contribution in [3.8, 4) is 0 Å². The van der Waals surface area contributed by atoms with Gasteiger partial charge < -0.3 is 15.3 Å². The summed E-state index contributed by atoms with van der Waals surface area (Å²) in [6.07, 6.45) is 2.16. The molecule has 1 unspecified atom stereocenters. The molecular formula is C14H26N2O3. The summed E-state index contributed by atoms with van der Waals surface area (Å²) in [6, 6.07) is -0.150. The monoisotopic (exact) mass is 270 g/mol. The summed E-state index contributed by atoms with van der Waals surface area (Å²) in [4.78, 5) is 25.7. The molecule has 0 aromatic carbocycles. The van der Waals surface area contributed by atoms with Crippen molar-refractivity contribution < 1.29 is 14.7 Å². The second-order valence-electron chi connectivity index (χ2n) is 5.55. The molecule has 2 N–H and O–H groups in total. The zero-order valence-electron chi connectivity index (χ0n) is 12.2. The van der Waals surface area contributed by atoms with Crippen LogP contribution in [0.2, 0.25) is 0 Å². The van der Waals surface area contributed by atoms with E-state index >= 15 is 0 Å². The summed E-state index contributed by atoms with van der Waals surface area (Å²) >= 11 is 0. The van der Waals surface area contributed by atoms with Gasteiger partial charge in [0.1, 0.15) is 0 Å². The predicted octanol–water partition coefficient (Wildman–Crippen LogP) is 0.768. The van der Waals surface area contributed by atoms with Crippen LogP contribution >= 0.6 is 0 Å². The predicted molar refractivity (Wildman–Crippen MR) is 73.4 cm³/mol. The third-order valence-corrected chi connectivity index (χ3v) is 3.73. The van der Waals surface area contributed by atoms with Gasteiger partial charge in [-0.25, -0.2) is 0 Å². The second-order valence-corrected chi connectivity index (χ2v) is 5.55. The highest BCUT2D eigenvalue weighted by atomic mass is 16.3. The van der Waals surface area contributed by atoms with E-state index < -0.39 is 0 Å². The Morgan fingerprint density at radius 1 is 1.32 bits per heavy atom. The minimum absolute atomic E-state index is 0.0116. The number of hydrogen-bond donors (Lipinski definition) is 2. The Balaban J connectivity index is 2.41. The van der Waals surface area contributed by atoms with Crippen LogP contribution in [0.3, 0.4) is 0 Å². The molecule has 1 aliphatic rings. The minimum Gasteiger partial charge on any atom is -0.394 e. The maximum atomic E-state index is 12.0. The Labute approximate surface area is 115 Å². The van der Waals surface area contributed by atoms with Gasteiger partial charge in [-0.15, -0.1) is 0 Å². The SMILES string of the molecule is CCC(CO)NC(=O)C1CCN(C(=O)C(C)C)CC1. The van der Waals surface area contributed by atoms with Crippen molar-refractivity contribution in [3.63, 3.8) is 0 Å². The molecule has 1 heterocycles. The zero-order chi connectivity index (χ0) is 14.4. The largest absolute Gasteiger partial charge is 0.394 e. The van der Waals surface area contributed by atoms with Crippen LogP contribution in [-0.2, 0) is 9.59 Å². The molecule has 5 nitrogen and oxygen atoms in total. The lowest BCUT2D eigenvalue weighted by molar-refractivity contribution is -0.138. The molecule has 5 heteroatoms. The van der Waals surface area contributed by atoms with Crippen LogP contribution in [0.5, 0.6) is 0 Å². The average molecular weight is 270 g/mol. The van der Waals surface area contributed by atoms with Gasteiger partial charge in [-0.2, -0.15) is 0 Å². The van der Waals surface area contributed by atoms with E-state index in [1.807, 2.05) is 25.7 Å². The Morgan fingerprint density at radius 2 is 1.89 bits per heavy atom. The van der Waals surface area contributed by atoms with E-state index in [0.717, 1.165) is 6.42 Å². The molecular weight excluding hydrogens is 244 g/mol. The van der Waals surface area contributed by atoms with Crippen molar-refractivity contribution in [3.05, 3.63) is 0 Å². The standard InChI is InChI=1S/C14H26N2O3/c1-4-12(9-17)15-13(18)11-5-7-16(8-6-11)14(19)10(2)3/h10-12,17H,4-9H2,1-3H3,(H,15,18). The van der Waals surface area contributed by atoms with E-state index in [1.54, 1.807) is 0 Å². The first-order chi connectivity index (χ1) is 8.99. The number of carbonyl (C=O) groups excluding carboxylic acids is 2. The molecule has 110 valence electrons. The molecule has 1 saturated heterocycles. The van der Waals surface area contributed by atoms with Crippen molar-refractivity contribution in [1.29, 1.82) is 0 Å². The summed E-state index contributed by atoms with van der Waals surface area (Å²) in [6.45, 7) is 7.02. The Bertz CT molecular complexity index is 306. The average Bonchev–Trinajstić information content (AvgIpc) is 2.43. The van der Waals surface area contributed by atoms with Crippen LogP contribution in [0, 0.1) is 11.8 Å². The van der Waals surface area contributed by atoms with Crippen LogP contribution in [0.15, 0.2) is 0 Å². The number of likely N-dealkylation sites (tertiary alicyclic amines) is 1. The number of aliphatic hydroxyl groups excluding tert-OH is 1. The lowest BCUT2D eigenvalue weighted by atomic mass is 9.94. The topological polar surface area (TPSA) is 69.6 Å². The molecule has 0 aromatic heterocycles. The smallest absolute Gasteiger partial charge is 0.225 e. The summed E-state index contributed by atoms with van der Waals surface area (Å²) in [5.41, 5.74) is 0. The normalized spacial score (nSPS) is 18.5. The molecule has 0 aromatic rings. The van der Waals surface area contributed by atoms with Crippen LogP contribution in [0.1, 0.15) is 40.0 Å². The molecule has 1 rings (SSSR count). The van der Waals surface area contributed by atoms with Gasteiger partial charge in [-0.1, -0.05) is 20.8 Å². The Morgan fingerprint density at radius 3 is 2.32 bits per heavy atom. The molecule has 0 aliphatic carbocycles. The van der Waals surface area contributed by atoms with E-state index in [0.29, 0.717) is 25.9 Å². The summed E-state index contributed by atoms with van der Waals surface area (Å²) in [5, 5.41) is 11.9. The fraction of sp³-hybridized carbons (Fsp3) is 0.857. The molecule has 2 amide bonds. The van der Waals surface area contributed by atoms with Crippen molar-refractivity contribution in [1.82, 2.24) is 10.2 Å². The molecule has 0 saturated carbocycles. The van der Waals surface area contributed by atoms with E-state index in [9.17, 15) is 9.59 Å². The van der Waals surface area contributed by atoms with E-state index in [-0.39, 0.29) is 36.3 Å². The summed E-state index contributed by atoms with van der Waals surface area (Å²) in [5.74, 6) is 0.166. The van der Waals surface area contributed by atoms with Gasteiger partial charge in [0.15, 0.2) is 0 Å². The number of piperidine rings is 1. The molecule has 1 fully saturated rings. The molecule has 0 spiro atoms. The number of rotatable bonds is 5. The van der Waals surface area contributed by atoms with Gasteiger partial charge in [0, 0.05) is 24.9 Å². The summed E-state index contributed by atoms with van der Waals surface area (Å²) in [7, 11) is 0. The van der Waals surface area contributed by atoms with Crippen LogP contribution in [0.25, 0.3) is 0 Å². The highest BCUT2D eigenvalue weighted by molar-refractivity contribution is 5.80. The fourth-order valence-electron chi connectivity index (χ4n) is 2.32. The van der Waals surface area contributed by atoms with E-state index in [4.69, 9.17) is 5.11 Å². The Kier molecular flexibility index (Phi) is 6.28.